The molecular weight excluding hydrogens is 229 g/mol. The summed E-state index contributed by atoms with van der Waals surface area (Å²) < 4.78 is 13.1. The fourth-order valence-corrected chi connectivity index (χ4v) is 1.61. The van der Waals surface area contributed by atoms with Crippen molar-refractivity contribution in [1.82, 2.24) is 0 Å². The number of amides is 1. The van der Waals surface area contributed by atoms with Crippen LogP contribution in [0, 0.1) is 12.7 Å². The van der Waals surface area contributed by atoms with E-state index >= 15 is 0 Å². The minimum atomic E-state index is -0.232. The molecule has 1 amide bonds. The highest BCUT2D eigenvalue weighted by Gasteiger charge is 2.13. The molecule has 0 unspecified atom stereocenters. The first kappa shape index (κ1) is 16.6. The number of halogens is 1. The number of aryl methyl sites for hydroxylation is 1. The van der Waals surface area contributed by atoms with E-state index in [0.29, 0.717) is 18.5 Å². The van der Waals surface area contributed by atoms with Gasteiger partial charge >= 0.3 is 0 Å². The van der Waals surface area contributed by atoms with Crippen LogP contribution in [0.1, 0.15) is 46.1 Å². The van der Waals surface area contributed by atoms with Gasteiger partial charge in [0.25, 0.3) is 0 Å². The molecule has 0 saturated heterocycles. The molecule has 0 N–H and O–H groups in total. The van der Waals surface area contributed by atoms with Crippen molar-refractivity contribution in [3.63, 3.8) is 0 Å². The SMILES string of the molecule is CC.CCCN(C(=O)CC)c1ccc(F)c(C)c1. The number of hydrogen-bond acceptors (Lipinski definition) is 1. The maximum Gasteiger partial charge on any atom is 0.226 e. The first-order valence-corrected chi connectivity index (χ1v) is 6.66. The van der Waals surface area contributed by atoms with Crippen molar-refractivity contribution in [2.45, 2.75) is 47.5 Å². The van der Waals surface area contributed by atoms with Gasteiger partial charge in [-0.2, -0.15) is 0 Å². The lowest BCUT2D eigenvalue weighted by Gasteiger charge is -2.22. The van der Waals surface area contributed by atoms with Crippen LogP contribution in [-0.4, -0.2) is 12.5 Å². The van der Waals surface area contributed by atoms with E-state index in [-0.39, 0.29) is 11.7 Å². The lowest BCUT2D eigenvalue weighted by molar-refractivity contribution is -0.118. The molecule has 0 aromatic heterocycles. The average molecular weight is 253 g/mol. The van der Waals surface area contributed by atoms with Gasteiger partial charge in [-0.15, -0.1) is 0 Å². The van der Waals surface area contributed by atoms with E-state index < -0.39 is 0 Å². The molecule has 3 heteroatoms. The predicted octanol–water partition coefficient (Wildman–Crippen LogP) is 4.31. The number of rotatable bonds is 4. The number of anilines is 1. The van der Waals surface area contributed by atoms with Gasteiger partial charge in [-0.05, 0) is 37.1 Å². The summed E-state index contributed by atoms with van der Waals surface area (Å²) in [4.78, 5) is 13.4. The molecule has 0 fully saturated rings. The third-order valence-electron chi connectivity index (χ3n) is 2.50. The number of hydrogen-bond donors (Lipinski definition) is 0. The van der Waals surface area contributed by atoms with Crippen LogP contribution in [-0.2, 0) is 4.79 Å². The highest BCUT2D eigenvalue weighted by molar-refractivity contribution is 5.93. The molecule has 0 radical (unpaired) electrons. The minimum Gasteiger partial charge on any atom is -0.312 e. The Bertz CT molecular complexity index is 377. The van der Waals surface area contributed by atoms with Crippen molar-refractivity contribution in [3.8, 4) is 0 Å². The molecule has 0 heterocycles. The van der Waals surface area contributed by atoms with Crippen molar-refractivity contribution in [3.05, 3.63) is 29.6 Å². The van der Waals surface area contributed by atoms with E-state index in [1.807, 2.05) is 27.7 Å². The lowest BCUT2D eigenvalue weighted by Crippen LogP contribution is -2.30. The molecule has 0 aliphatic carbocycles. The Balaban J connectivity index is 0.00000137. The molecule has 1 aromatic carbocycles. The van der Waals surface area contributed by atoms with E-state index in [9.17, 15) is 9.18 Å². The summed E-state index contributed by atoms with van der Waals surface area (Å²) in [5.41, 5.74) is 1.36. The van der Waals surface area contributed by atoms with E-state index in [1.54, 1.807) is 24.0 Å². The average Bonchev–Trinajstić information content (AvgIpc) is 2.41. The summed E-state index contributed by atoms with van der Waals surface area (Å²) in [5.74, 6) is -0.156. The fraction of sp³-hybridized carbons (Fsp3) is 0.533. The van der Waals surface area contributed by atoms with Gasteiger partial charge in [0.2, 0.25) is 5.91 Å². The normalized spacial score (nSPS) is 9.44. The first-order valence-electron chi connectivity index (χ1n) is 6.66. The Hall–Kier alpha value is -1.38. The number of benzene rings is 1. The molecule has 0 atom stereocenters. The summed E-state index contributed by atoms with van der Waals surface area (Å²) in [6.45, 7) is 10.2. The van der Waals surface area contributed by atoms with Crippen LogP contribution < -0.4 is 4.90 Å². The molecule has 0 aliphatic rings. The maximum atomic E-state index is 13.1. The fourth-order valence-electron chi connectivity index (χ4n) is 1.61. The molecule has 1 aromatic rings. The summed E-state index contributed by atoms with van der Waals surface area (Å²) in [6, 6.07) is 4.79. The second-order valence-electron chi connectivity index (χ2n) is 3.83. The highest BCUT2D eigenvalue weighted by atomic mass is 19.1. The molecule has 2 nitrogen and oxygen atoms in total. The van der Waals surface area contributed by atoms with Crippen LogP contribution in [0.15, 0.2) is 18.2 Å². The van der Waals surface area contributed by atoms with Crippen molar-refractivity contribution in [2.24, 2.45) is 0 Å². The van der Waals surface area contributed by atoms with E-state index in [1.165, 1.54) is 6.07 Å². The molecule has 1 rings (SSSR count). The van der Waals surface area contributed by atoms with Crippen LogP contribution in [0.25, 0.3) is 0 Å². The zero-order chi connectivity index (χ0) is 14.1. The second kappa shape index (κ2) is 8.67. The smallest absolute Gasteiger partial charge is 0.226 e. The van der Waals surface area contributed by atoms with Crippen LogP contribution in [0.5, 0.6) is 0 Å². The third-order valence-corrected chi connectivity index (χ3v) is 2.50. The van der Waals surface area contributed by atoms with Gasteiger partial charge < -0.3 is 4.90 Å². The van der Waals surface area contributed by atoms with E-state index in [0.717, 1.165) is 12.1 Å². The Morgan fingerprint density at radius 3 is 2.33 bits per heavy atom. The van der Waals surface area contributed by atoms with Crippen LogP contribution in [0.2, 0.25) is 0 Å². The van der Waals surface area contributed by atoms with E-state index in [2.05, 4.69) is 0 Å². The van der Waals surface area contributed by atoms with Gasteiger partial charge in [0.1, 0.15) is 5.82 Å². The molecule has 0 aliphatic heterocycles. The lowest BCUT2D eigenvalue weighted by atomic mass is 10.2. The van der Waals surface area contributed by atoms with Crippen molar-refractivity contribution < 1.29 is 9.18 Å². The van der Waals surface area contributed by atoms with Crippen LogP contribution >= 0.6 is 0 Å². The Labute approximate surface area is 110 Å². The quantitative estimate of drug-likeness (QED) is 0.782. The zero-order valence-electron chi connectivity index (χ0n) is 12.1. The van der Waals surface area contributed by atoms with Crippen LogP contribution in [0.3, 0.4) is 0 Å². The zero-order valence-corrected chi connectivity index (χ0v) is 12.1. The van der Waals surface area contributed by atoms with Gasteiger partial charge in [-0.25, -0.2) is 4.39 Å². The monoisotopic (exact) mass is 253 g/mol. The maximum absolute atomic E-state index is 13.1. The molecule has 0 saturated carbocycles. The Morgan fingerprint density at radius 1 is 1.28 bits per heavy atom. The van der Waals surface area contributed by atoms with Gasteiger partial charge in [-0.3, -0.25) is 4.79 Å². The first-order chi connectivity index (χ1) is 8.60. The van der Waals surface area contributed by atoms with Crippen molar-refractivity contribution in [1.29, 1.82) is 0 Å². The Kier molecular flexibility index (Phi) is 8.01. The number of carbonyl (C=O) groups is 1. The van der Waals surface area contributed by atoms with Gasteiger partial charge in [0.15, 0.2) is 0 Å². The molecule has 102 valence electrons. The standard InChI is InChI=1S/C13H18FNO.C2H6/c1-4-8-15(13(16)5-2)11-6-7-12(14)10(3)9-11;1-2/h6-7,9H,4-5,8H2,1-3H3;1-2H3. The molecular formula is C15H24FNO. The number of carbonyl (C=O) groups excluding carboxylic acids is 1. The van der Waals surface area contributed by atoms with E-state index in [4.69, 9.17) is 0 Å². The third kappa shape index (κ3) is 4.47. The summed E-state index contributed by atoms with van der Waals surface area (Å²) >= 11 is 0. The summed E-state index contributed by atoms with van der Waals surface area (Å²) in [5, 5.41) is 0. The largest absolute Gasteiger partial charge is 0.312 e. The summed E-state index contributed by atoms with van der Waals surface area (Å²) in [7, 11) is 0. The molecule has 0 spiro atoms. The van der Waals surface area contributed by atoms with Crippen LogP contribution in [0.4, 0.5) is 10.1 Å². The van der Waals surface area contributed by atoms with Gasteiger partial charge in [0, 0.05) is 18.7 Å². The minimum absolute atomic E-state index is 0.0767. The molecule has 0 bridgehead atoms. The Morgan fingerprint density at radius 2 is 1.89 bits per heavy atom. The van der Waals surface area contributed by atoms with Gasteiger partial charge in [0.05, 0.1) is 0 Å². The van der Waals surface area contributed by atoms with Crippen molar-refractivity contribution in [2.75, 3.05) is 11.4 Å². The summed E-state index contributed by atoms with van der Waals surface area (Å²) in [6.07, 6.45) is 1.36. The van der Waals surface area contributed by atoms with Gasteiger partial charge in [-0.1, -0.05) is 27.7 Å². The topological polar surface area (TPSA) is 20.3 Å². The molecule has 18 heavy (non-hydrogen) atoms. The second-order valence-corrected chi connectivity index (χ2v) is 3.83. The van der Waals surface area contributed by atoms with Crippen molar-refractivity contribution >= 4 is 11.6 Å². The number of nitrogens with zero attached hydrogens (tertiary/aromatic N) is 1. The highest BCUT2D eigenvalue weighted by Crippen LogP contribution is 2.19. The predicted molar refractivity (Wildman–Crippen MR) is 75.4 cm³/mol.